The summed E-state index contributed by atoms with van der Waals surface area (Å²) >= 11 is 0. The molecule has 0 saturated heterocycles. The average Bonchev–Trinajstić information content (AvgIpc) is 2.70. The van der Waals surface area contributed by atoms with Gasteiger partial charge in [-0.1, -0.05) is 30.4 Å². The number of aliphatic hydroxyl groups excluding tert-OH is 1. The van der Waals surface area contributed by atoms with Crippen LogP contribution in [0, 0.1) is 11.6 Å². The zero-order valence-electron chi connectivity index (χ0n) is 16.4. The minimum atomic E-state index is -0.937. The third kappa shape index (κ3) is 5.12. The zero-order valence-corrected chi connectivity index (χ0v) is 16.4. The van der Waals surface area contributed by atoms with Gasteiger partial charge >= 0.3 is 0 Å². The summed E-state index contributed by atoms with van der Waals surface area (Å²) in [5, 5.41) is 9.24. The van der Waals surface area contributed by atoms with Crippen LogP contribution in [0.15, 0.2) is 55.3 Å². The van der Waals surface area contributed by atoms with E-state index >= 15 is 0 Å². The van der Waals surface area contributed by atoms with Gasteiger partial charge in [0.2, 0.25) is 0 Å². The molecule has 29 heavy (non-hydrogen) atoms. The fourth-order valence-electron chi connectivity index (χ4n) is 3.11. The molecule has 3 rings (SSSR count). The van der Waals surface area contributed by atoms with Gasteiger partial charge in [0.1, 0.15) is 0 Å². The third-order valence-corrected chi connectivity index (χ3v) is 4.66. The van der Waals surface area contributed by atoms with Gasteiger partial charge in [-0.05, 0) is 56.4 Å². The molecule has 1 heterocycles. The second-order valence-corrected chi connectivity index (χ2v) is 7.08. The lowest BCUT2D eigenvalue weighted by Crippen LogP contribution is -1.98. The van der Waals surface area contributed by atoms with E-state index in [1.54, 1.807) is 19.1 Å². The molecule has 1 aromatic heterocycles. The molecule has 0 aliphatic rings. The van der Waals surface area contributed by atoms with Gasteiger partial charge in [0.05, 0.1) is 29.0 Å². The number of fused-ring (bicyclic) bond motifs is 1. The first kappa shape index (κ1) is 20.8. The first-order valence-electron chi connectivity index (χ1n) is 9.69. The molecular weight excluding hydrogens is 370 g/mol. The summed E-state index contributed by atoms with van der Waals surface area (Å²) in [5.41, 5.74) is 2.95. The Bertz CT molecular complexity index is 1040. The number of rotatable bonds is 8. The van der Waals surface area contributed by atoms with Crippen molar-refractivity contribution in [3.63, 3.8) is 0 Å². The zero-order chi connectivity index (χ0) is 20.8. The van der Waals surface area contributed by atoms with Crippen LogP contribution < -0.4 is 0 Å². The Kier molecular flexibility index (Phi) is 6.83. The number of halogens is 2. The van der Waals surface area contributed by atoms with E-state index in [-0.39, 0.29) is 22.9 Å². The van der Waals surface area contributed by atoms with Crippen molar-refractivity contribution < 1.29 is 13.9 Å². The summed E-state index contributed by atoms with van der Waals surface area (Å²) in [4.78, 5) is 8.80. The Balaban J connectivity index is 1.83. The maximum absolute atomic E-state index is 14.7. The number of allylic oxidation sites excluding steroid dienone is 2. The number of nitrogens with zero attached hydrogens (tertiary/aromatic N) is 2. The maximum Gasteiger partial charge on any atom is 0.168 e. The molecule has 3 nitrogen and oxygen atoms in total. The smallest absolute Gasteiger partial charge is 0.168 e. The predicted molar refractivity (Wildman–Crippen MR) is 113 cm³/mol. The molecule has 150 valence electrons. The Morgan fingerprint density at radius 1 is 1.14 bits per heavy atom. The molecule has 5 heteroatoms. The van der Waals surface area contributed by atoms with Crippen molar-refractivity contribution in [1.82, 2.24) is 9.97 Å². The maximum atomic E-state index is 14.7. The van der Waals surface area contributed by atoms with Crippen LogP contribution in [0.1, 0.15) is 37.3 Å². The quantitative estimate of drug-likeness (QED) is 0.384. The lowest BCUT2D eigenvalue weighted by molar-refractivity contribution is 0.182. The van der Waals surface area contributed by atoms with Crippen LogP contribution in [0.5, 0.6) is 0 Å². The van der Waals surface area contributed by atoms with E-state index in [1.165, 1.54) is 18.3 Å². The molecule has 1 unspecified atom stereocenters. The van der Waals surface area contributed by atoms with Gasteiger partial charge in [-0.15, -0.1) is 6.58 Å². The van der Waals surface area contributed by atoms with Gasteiger partial charge < -0.3 is 5.11 Å². The largest absolute Gasteiger partial charge is 0.393 e. The number of benzene rings is 2. The van der Waals surface area contributed by atoms with Crippen molar-refractivity contribution in [2.45, 2.75) is 38.7 Å². The van der Waals surface area contributed by atoms with E-state index in [9.17, 15) is 13.9 Å². The molecule has 3 aromatic rings. The van der Waals surface area contributed by atoms with E-state index in [0.29, 0.717) is 23.9 Å². The lowest BCUT2D eigenvalue weighted by Gasteiger charge is -2.07. The van der Waals surface area contributed by atoms with E-state index in [1.807, 2.05) is 24.3 Å². The van der Waals surface area contributed by atoms with Crippen molar-refractivity contribution in [3.05, 3.63) is 78.0 Å². The van der Waals surface area contributed by atoms with Crippen molar-refractivity contribution in [2.75, 3.05) is 0 Å². The molecule has 0 saturated carbocycles. The molecule has 0 amide bonds. The molecule has 1 atom stereocenters. The van der Waals surface area contributed by atoms with Gasteiger partial charge in [-0.3, -0.25) is 4.98 Å². The van der Waals surface area contributed by atoms with Gasteiger partial charge in [0.15, 0.2) is 11.6 Å². The van der Waals surface area contributed by atoms with Crippen LogP contribution in [0.25, 0.3) is 28.4 Å². The van der Waals surface area contributed by atoms with E-state index < -0.39 is 11.6 Å². The van der Waals surface area contributed by atoms with Crippen LogP contribution in [0.3, 0.4) is 0 Å². The number of aliphatic hydroxyl groups is 1. The molecule has 0 radical (unpaired) electrons. The third-order valence-electron chi connectivity index (χ3n) is 4.66. The first-order chi connectivity index (χ1) is 14.0. The number of aromatic nitrogens is 2. The highest BCUT2D eigenvalue weighted by molar-refractivity contribution is 5.78. The van der Waals surface area contributed by atoms with Gasteiger partial charge in [-0.25, -0.2) is 13.8 Å². The Morgan fingerprint density at radius 3 is 2.72 bits per heavy atom. The number of hydrogen-bond donors (Lipinski definition) is 1. The number of hydrogen-bond acceptors (Lipinski definition) is 3. The summed E-state index contributed by atoms with van der Waals surface area (Å²) in [5.74, 6) is -1.84. The highest BCUT2D eigenvalue weighted by atomic mass is 19.2. The van der Waals surface area contributed by atoms with Crippen LogP contribution in [0.4, 0.5) is 8.78 Å². The summed E-state index contributed by atoms with van der Waals surface area (Å²) < 4.78 is 29.2. The van der Waals surface area contributed by atoms with Crippen LogP contribution >= 0.6 is 0 Å². The minimum Gasteiger partial charge on any atom is -0.393 e. The van der Waals surface area contributed by atoms with Crippen LogP contribution in [-0.4, -0.2) is 21.2 Å². The summed E-state index contributed by atoms with van der Waals surface area (Å²) in [6, 6.07) is 8.72. The van der Waals surface area contributed by atoms with Gasteiger partial charge in [0.25, 0.3) is 0 Å². The van der Waals surface area contributed by atoms with Crippen molar-refractivity contribution in [3.8, 4) is 11.3 Å². The molecular formula is C24H24F2N2O. The van der Waals surface area contributed by atoms with Crippen molar-refractivity contribution >= 4 is 17.1 Å². The van der Waals surface area contributed by atoms with E-state index in [0.717, 1.165) is 18.4 Å². The minimum absolute atomic E-state index is 0.0818. The summed E-state index contributed by atoms with van der Waals surface area (Å²) in [7, 11) is 0. The topological polar surface area (TPSA) is 46.0 Å². The molecule has 0 fully saturated rings. The second-order valence-electron chi connectivity index (χ2n) is 7.08. The average molecular weight is 394 g/mol. The predicted octanol–water partition coefficient (Wildman–Crippen LogP) is 5.87. The normalized spacial score (nSPS) is 12.6. The SMILES string of the molecule is C=CCc1ccc2nc(-c3ccc(/C=C/CCCC(C)O)c(F)c3F)cnc2c1. The highest BCUT2D eigenvalue weighted by Crippen LogP contribution is 2.27. The van der Waals surface area contributed by atoms with E-state index in [2.05, 4.69) is 16.5 Å². The molecule has 0 aliphatic heterocycles. The van der Waals surface area contributed by atoms with Gasteiger partial charge in [-0.2, -0.15) is 0 Å². The fraction of sp³-hybridized carbons (Fsp3) is 0.250. The van der Waals surface area contributed by atoms with Crippen molar-refractivity contribution in [1.29, 1.82) is 0 Å². The summed E-state index contributed by atoms with van der Waals surface area (Å²) in [6.07, 6.45) is 9.16. The van der Waals surface area contributed by atoms with Crippen LogP contribution in [-0.2, 0) is 6.42 Å². The highest BCUT2D eigenvalue weighted by Gasteiger charge is 2.15. The summed E-state index contributed by atoms with van der Waals surface area (Å²) in [6.45, 7) is 5.45. The van der Waals surface area contributed by atoms with Crippen LogP contribution in [0.2, 0.25) is 0 Å². The second kappa shape index (κ2) is 9.52. The molecule has 0 spiro atoms. The Labute approximate surface area is 169 Å². The first-order valence-corrected chi connectivity index (χ1v) is 9.69. The van der Waals surface area contributed by atoms with Gasteiger partial charge in [0, 0.05) is 11.1 Å². The Hall–Kier alpha value is -2.92. The molecule has 1 N–H and O–H groups in total. The standard InChI is InChI=1S/C24H24F2N2O/c1-3-7-17-10-13-20-21(14-17)27-15-22(28-20)19-12-11-18(23(25)24(19)26)9-6-4-5-8-16(2)29/h3,6,9-16,29H,1,4-5,7-8H2,2H3/b9-6+. The van der Waals surface area contributed by atoms with E-state index in [4.69, 9.17) is 0 Å². The lowest BCUT2D eigenvalue weighted by atomic mass is 10.1. The molecule has 0 aliphatic carbocycles. The molecule has 0 bridgehead atoms. The number of unbranched alkanes of at least 4 members (excludes halogenated alkanes) is 1. The fourth-order valence-corrected chi connectivity index (χ4v) is 3.11. The Morgan fingerprint density at radius 2 is 1.97 bits per heavy atom. The monoisotopic (exact) mass is 394 g/mol. The van der Waals surface area contributed by atoms with Crippen molar-refractivity contribution in [2.24, 2.45) is 0 Å². The molecule has 2 aromatic carbocycles.